The molecular formula is C18H20FNO2S. The third-order valence-corrected chi connectivity index (χ3v) is 5.73. The predicted molar refractivity (Wildman–Crippen MR) is 88.4 cm³/mol. The summed E-state index contributed by atoms with van der Waals surface area (Å²) in [5.41, 5.74) is 2.90. The standard InChI is InChI=1S/C18H20FNO2S/c19-18-8-4-3-6-15(18)11-12-20-23(21,22)17-10-9-14-5-1-2-7-16(14)13-17/h3-4,6,8-10,13,20H,1-2,5,7,11-12H2. The van der Waals surface area contributed by atoms with Gasteiger partial charge in [-0.15, -0.1) is 0 Å². The van der Waals surface area contributed by atoms with Crippen molar-refractivity contribution >= 4 is 10.0 Å². The fourth-order valence-electron chi connectivity index (χ4n) is 2.98. The highest BCUT2D eigenvalue weighted by Crippen LogP contribution is 2.24. The Balaban J connectivity index is 1.68. The molecule has 5 heteroatoms. The summed E-state index contributed by atoms with van der Waals surface area (Å²) < 4.78 is 40.9. The summed E-state index contributed by atoms with van der Waals surface area (Å²) in [6, 6.07) is 11.8. The lowest BCUT2D eigenvalue weighted by Gasteiger charge is -2.16. The van der Waals surface area contributed by atoms with Crippen LogP contribution in [0.4, 0.5) is 4.39 Å². The number of hydrogen-bond donors (Lipinski definition) is 1. The Morgan fingerprint density at radius 2 is 1.74 bits per heavy atom. The van der Waals surface area contributed by atoms with Gasteiger partial charge in [-0.2, -0.15) is 0 Å². The summed E-state index contributed by atoms with van der Waals surface area (Å²) in [4.78, 5) is 0.298. The van der Waals surface area contributed by atoms with Crippen molar-refractivity contribution in [2.24, 2.45) is 0 Å². The highest BCUT2D eigenvalue weighted by Gasteiger charge is 2.17. The van der Waals surface area contributed by atoms with Crippen LogP contribution in [-0.4, -0.2) is 15.0 Å². The lowest BCUT2D eigenvalue weighted by Crippen LogP contribution is -2.26. The molecule has 0 fully saturated rings. The molecule has 0 spiro atoms. The van der Waals surface area contributed by atoms with Gasteiger partial charge in [0.1, 0.15) is 5.82 Å². The molecule has 0 saturated carbocycles. The molecule has 0 saturated heterocycles. The SMILES string of the molecule is O=S(=O)(NCCc1ccccc1F)c1ccc2c(c1)CCCC2. The van der Waals surface area contributed by atoms with Crippen LogP contribution in [0.3, 0.4) is 0 Å². The summed E-state index contributed by atoms with van der Waals surface area (Å²) in [7, 11) is -3.55. The quantitative estimate of drug-likeness (QED) is 0.913. The van der Waals surface area contributed by atoms with Gasteiger partial charge in [-0.1, -0.05) is 24.3 Å². The zero-order valence-electron chi connectivity index (χ0n) is 12.9. The van der Waals surface area contributed by atoms with Crippen molar-refractivity contribution in [3.63, 3.8) is 0 Å². The van der Waals surface area contributed by atoms with Gasteiger partial charge < -0.3 is 0 Å². The van der Waals surface area contributed by atoms with Gasteiger partial charge >= 0.3 is 0 Å². The van der Waals surface area contributed by atoms with Crippen LogP contribution in [0, 0.1) is 5.82 Å². The first-order chi connectivity index (χ1) is 11.1. The second-order valence-electron chi connectivity index (χ2n) is 5.88. The van der Waals surface area contributed by atoms with E-state index >= 15 is 0 Å². The maximum atomic E-state index is 13.5. The van der Waals surface area contributed by atoms with E-state index in [2.05, 4.69) is 4.72 Å². The fraction of sp³-hybridized carbons (Fsp3) is 0.333. The number of halogens is 1. The summed E-state index contributed by atoms with van der Waals surface area (Å²) >= 11 is 0. The van der Waals surface area contributed by atoms with Crippen molar-refractivity contribution in [1.82, 2.24) is 4.72 Å². The number of aryl methyl sites for hydroxylation is 2. The molecule has 0 aromatic heterocycles. The Labute approximate surface area is 136 Å². The van der Waals surface area contributed by atoms with E-state index in [1.807, 2.05) is 6.07 Å². The summed E-state index contributed by atoms with van der Waals surface area (Å²) in [6.07, 6.45) is 4.57. The van der Waals surface area contributed by atoms with Gasteiger partial charge in [-0.05, 0) is 67.0 Å². The molecule has 0 heterocycles. The molecule has 0 bridgehead atoms. The molecule has 0 aliphatic heterocycles. The number of hydrogen-bond acceptors (Lipinski definition) is 2. The number of benzene rings is 2. The van der Waals surface area contributed by atoms with E-state index in [0.717, 1.165) is 24.8 Å². The summed E-state index contributed by atoms with van der Waals surface area (Å²) in [6.45, 7) is 0.181. The van der Waals surface area contributed by atoms with Crippen LogP contribution in [0.2, 0.25) is 0 Å². The van der Waals surface area contributed by atoms with Crippen molar-refractivity contribution in [2.45, 2.75) is 37.0 Å². The Morgan fingerprint density at radius 1 is 1.00 bits per heavy atom. The Hall–Kier alpha value is -1.72. The normalized spacial score (nSPS) is 14.5. The predicted octanol–water partition coefficient (Wildman–Crippen LogP) is 3.23. The second-order valence-corrected chi connectivity index (χ2v) is 7.64. The van der Waals surface area contributed by atoms with E-state index in [9.17, 15) is 12.8 Å². The molecule has 2 aromatic carbocycles. The van der Waals surface area contributed by atoms with Crippen molar-refractivity contribution < 1.29 is 12.8 Å². The van der Waals surface area contributed by atoms with Gasteiger partial charge in [0.2, 0.25) is 10.0 Å². The number of fused-ring (bicyclic) bond motifs is 1. The van der Waals surface area contributed by atoms with Crippen LogP contribution < -0.4 is 4.72 Å². The first-order valence-corrected chi connectivity index (χ1v) is 9.39. The third-order valence-electron chi connectivity index (χ3n) is 4.27. The second kappa shape index (κ2) is 6.81. The van der Waals surface area contributed by atoms with Gasteiger partial charge in [-0.25, -0.2) is 17.5 Å². The third kappa shape index (κ3) is 3.79. The molecular weight excluding hydrogens is 313 g/mol. The number of sulfonamides is 1. The first kappa shape index (κ1) is 16.1. The molecule has 1 N–H and O–H groups in total. The molecule has 3 nitrogen and oxygen atoms in total. The monoisotopic (exact) mass is 333 g/mol. The zero-order valence-corrected chi connectivity index (χ0v) is 13.7. The summed E-state index contributed by atoms with van der Waals surface area (Å²) in [5.74, 6) is -0.305. The van der Waals surface area contributed by atoms with Crippen LogP contribution in [0.1, 0.15) is 29.5 Å². The fourth-order valence-corrected chi connectivity index (χ4v) is 4.06. The van der Waals surface area contributed by atoms with Crippen LogP contribution >= 0.6 is 0 Å². The Morgan fingerprint density at radius 3 is 2.52 bits per heavy atom. The van der Waals surface area contributed by atoms with E-state index in [0.29, 0.717) is 16.9 Å². The van der Waals surface area contributed by atoms with Crippen LogP contribution in [0.15, 0.2) is 47.4 Å². The van der Waals surface area contributed by atoms with Crippen molar-refractivity contribution in [1.29, 1.82) is 0 Å². The topological polar surface area (TPSA) is 46.2 Å². The minimum atomic E-state index is -3.55. The minimum absolute atomic E-state index is 0.181. The van der Waals surface area contributed by atoms with E-state index < -0.39 is 10.0 Å². The summed E-state index contributed by atoms with van der Waals surface area (Å²) in [5, 5.41) is 0. The molecule has 1 aliphatic rings. The molecule has 3 rings (SSSR count). The molecule has 0 atom stereocenters. The maximum absolute atomic E-state index is 13.5. The molecule has 0 amide bonds. The van der Waals surface area contributed by atoms with Gasteiger partial charge in [0.25, 0.3) is 0 Å². The molecule has 1 aliphatic carbocycles. The molecule has 23 heavy (non-hydrogen) atoms. The average Bonchev–Trinajstić information content (AvgIpc) is 2.56. The lowest BCUT2D eigenvalue weighted by molar-refractivity contribution is 0.577. The lowest BCUT2D eigenvalue weighted by atomic mass is 9.92. The minimum Gasteiger partial charge on any atom is -0.211 e. The smallest absolute Gasteiger partial charge is 0.211 e. The van der Waals surface area contributed by atoms with E-state index in [-0.39, 0.29) is 12.4 Å². The van der Waals surface area contributed by atoms with Gasteiger partial charge in [0.05, 0.1) is 4.90 Å². The highest BCUT2D eigenvalue weighted by molar-refractivity contribution is 7.89. The zero-order chi connectivity index (χ0) is 16.3. The highest BCUT2D eigenvalue weighted by atomic mass is 32.2. The van der Waals surface area contributed by atoms with Gasteiger partial charge in [-0.3, -0.25) is 0 Å². The number of nitrogens with one attached hydrogen (secondary N) is 1. The Kier molecular flexibility index (Phi) is 4.78. The molecule has 2 aromatic rings. The maximum Gasteiger partial charge on any atom is 0.240 e. The van der Waals surface area contributed by atoms with Gasteiger partial charge in [0, 0.05) is 6.54 Å². The molecule has 0 radical (unpaired) electrons. The van der Waals surface area contributed by atoms with E-state index in [4.69, 9.17) is 0 Å². The van der Waals surface area contributed by atoms with Crippen LogP contribution in [-0.2, 0) is 29.3 Å². The average molecular weight is 333 g/mol. The number of rotatable bonds is 5. The first-order valence-electron chi connectivity index (χ1n) is 7.91. The van der Waals surface area contributed by atoms with Crippen molar-refractivity contribution in [2.75, 3.05) is 6.54 Å². The van der Waals surface area contributed by atoms with Crippen LogP contribution in [0.25, 0.3) is 0 Å². The van der Waals surface area contributed by atoms with Gasteiger partial charge in [0.15, 0.2) is 0 Å². The Bertz CT molecular complexity index is 802. The van der Waals surface area contributed by atoms with Crippen molar-refractivity contribution in [3.05, 3.63) is 65.0 Å². The van der Waals surface area contributed by atoms with Crippen molar-refractivity contribution in [3.8, 4) is 0 Å². The molecule has 122 valence electrons. The van der Waals surface area contributed by atoms with E-state index in [1.54, 1.807) is 30.3 Å². The van der Waals surface area contributed by atoms with Crippen LogP contribution in [0.5, 0.6) is 0 Å². The van der Waals surface area contributed by atoms with E-state index in [1.165, 1.54) is 18.1 Å². The molecule has 0 unspecified atom stereocenters. The largest absolute Gasteiger partial charge is 0.240 e.